The number of unbranched alkanes of at least 4 members (excludes halogenated alkanes) is 2. The highest BCUT2D eigenvalue weighted by molar-refractivity contribution is 5.86. The minimum atomic E-state index is -0.711. The van der Waals surface area contributed by atoms with Crippen LogP contribution in [0.1, 0.15) is 39.5 Å². The van der Waals surface area contributed by atoms with E-state index in [4.69, 9.17) is 9.84 Å². The van der Waals surface area contributed by atoms with Crippen molar-refractivity contribution in [1.29, 1.82) is 0 Å². The predicted molar refractivity (Wildman–Crippen MR) is 83.8 cm³/mol. The first-order valence-corrected chi connectivity index (χ1v) is 7.54. The summed E-state index contributed by atoms with van der Waals surface area (Å²) in [5.41, 5.74) is 1.17. The van der Waals surface area contributed by atoms with Crippen LogP contribution in [-0.4, -0.2) is 21.7 Å². The number of carboxylic acids is 1. The van der Waals surface area contributed by atoms with Gasteiger partial charge in [-0.3, -0.25) is 4.79 Å². The summed E-state index contributed by atoms with van der Waals surface area (Å²) in [4.78, 5) is 10.5. The normalized spacial score (nSPS) is 11.2. The average Bonchev–Trinajstić information content (AvgIpc) is 2.82. The van der Waals surface area contributed by atoms with Gasteiger partial charge in [-0.25, -0.2) is 0 Å². The summed E-state index contributed by atoms with van der Waals surface area (Å²) in [6.45, 7) is 4.96. The zero-order valence-electron chi connectivity index (χ0n) is 12.7. The lowest BCUT2D eigenvalue weighted by Crippen LogP contribution is -2.05. The van der Waals surface area contributed by atoms with Gasteiger partial charge in [0.05, 0.1) is 11.6 Å². The van der Waals surface area contributed by atoms with E-state index in [1.165, 1.54) is 5.52 Å². The monoisotopic (exact) mass is 289 g/mol. The van der Waals surface area contributed by atoms with E-state index in [9.17, 15) is 4.79 Å². The Morgan fingerprint density at radius 3 is 2.76 bits per heavy atom. The van der Waals surface area contributed by atoms with Crippen LogP contribution < -0.4 is 4.74 Å². The second-order valence-corrected chi connectivity index (χ2v) is 5.57. The van der Waals surface area contributed by atoms with E-state index in [0.29, 0.717) is 0 Å². The van der Waals surface area contributed by atoms with Gasteiger partial charge >= 0.3 is 5.97 Å². The Kier molecular flexibility index (Phi) is 5.26. The maximum absolute atomic E-state index is 10.5. The van der Waals surface area contributed by atoms with Crippen molar-refractivity contribution in [2.24, 2.45) is 0 Å². The van der Waals surface area contributed by atoms with Crippen LogP contribution in [0.3, 0.4) is 0 Å². The number of nitrogens with zero attached hydrogens (tertiary/aromatic N) is 1. The molecule has 0 aliphatic carbocycles. The molecule has 2 aromatic rings. The van der Waals surface area contributed by atoms with Crippen LogP contribution in [0.25, 0.3) is 10.9 Å². The van der Waals surface area contributed by atoms with Crippen molar-refractivity contribution in [2.45, 2.75) is 52.2 Å². The first kappa shape index (κ1) is 15.4. The van der Waals surface area contributed by atoms with Crippen molar-refractivity contribution in [1.82, 2.24) is 4.57 Å². The van der Waals surface area contributed by atoms with Crippen LogP contribution in [0, 0.1) is 0 Å². The third-order valence-corrected chi connectivity index (χ3v) is 3.43. The number of hydrogen-bond donors (Lipinski definition) is 1. The molecule has 2 rings (SSSR count). The van der Waals surface area contributed by atoms with Crippen molar-refractivity contribution in [2.75, 3.05) is 0 Å². The number of aryl methyl sites for hydroxylation is 1. The van der Waals surface area contributed by atoms with Crippen LogP contribution >= 0.6 is 0 Å². The minimum Gasteiger partial charge on any atom is -0.490 e. The summed E-state index contributed by atoms with van der Waals surface area (Å²) in [6, 6.07) is 8.20. The van der Waals surface area contributed by atoms with Gasteiger partial charge < -0.3 is 14.4 Å². The molecule has 4 nitrogen and oxygen atoms in total. The first-order valence-electron chi connectivity index (χ1n) is 7.54. The third kappa shape index (κ3) is 4.25. The van der Waals surface area contributed by atoms with E-state index < -0.39 is 5.97 Å². The number of hydrogen-bond acceptors (Lipinski definition) is 2. The van der Waals surface area contributed by atoms with E-state index in [1.807, 2.05) is 26.0 Å². The highest BCUT2D eigenvalue weighted by Crippen LogP contribution is 2.27. The second kappa shape index (κ2) is 7.16. The van der Waals surface area contributed by atoms with Gasteiger partial charge in [-0.05, 0) is 44.9 Å². The van der Waals surface area contributed by atoms with Gasteiger partial charge in [-0.2, -0.15) is 0 Å². The quantitative estimate of drug-likeness (QED) is 0.745. The Morgan fingerprint density at radius 2 is 2.05 bits per heavy atom. The SMILES string of the molecule is CC(C)Oc1cccc2c1ccn2CCCCCC(=O)O. The molecule has 0 bridgehead atoms. The van der Waals surface area contributed by atoms with Crippen LogP contribution in [0.5, 0.6) is 5.75 Å². The van der Waals surface area contributed by atoms with Gasteiger partial charge in [0.2, 0.25) is 0 Å². The number of carbonyl (C=O) groups is 1. The van der Waals surface area contributed by atoms with E-state index in [1.54, 1.807) is 0 Å². The van der Waals surface area contributed by atoms with Gasteiger partial charge in [0.25, 0.3) is 0 Å². The Balaban J connectivity index is 2.00. The number of rotatable bonds is 8. The number of carboxylic acid groups (broad SMARTS) is 1. The van der Waals surface area contributed by atoms with Gasteiger partial charge in [0.15, 0.2) is 0 Å². The third-order valence-electron chi connectivity index (χ3n) is 3.43. The van der Waals surface area contributed by atoms with Crippen molar-refractivity contribution in [3.8, 4) is 5.75 Å². The van der Waals surface area contributed by atoms with Gasteiger partial charge in [-0.15, -0.1) is 0 Å². The Labute approximate surface area is 125 Å². The molecule has 114 valence electrons. The van der Waals surface area contributed by atoms with Crippen molar-refractivity contribution in [3.05, 3.63) is 30.5 Å². The molecular weight excluding hydrogens is 266 g/mol. The molecule has 0 saturated carbocycles. The maximum Gasteiger partial charge on any atom is 0.303 e. The number of aliphatic carboxylic acids is 1. The van der Waals surface area contributed by atoms with Crippen molar-refractivity contribution >= 4 is 16.9 Å². The lowest BCUT2D eigenvalue weighted by molar-refractivity contribution is -0.137. The molecule has 4 heteroatoms. The zero-order chi connectivity index (χ0) is 15.2. The Hall–Kier alpha value is -1.97. The second-order valence-electron chi connectivity index (χ2n) is 5.57. The minimum absolute atomic E-state index is 0.162. The Morgan fingerprint density at radius 1 is 1.24 bits per heavy atom. The van der Waals surface area contributed by atoms with E-state index in [-0.39, 0.29) is 12.5 Å². The molecule has 1 aromatic carbocycles. The smallest absolute Gasteiger partial charge is 0.303 e. The molecule has 1 aromatic heterocycles. The topological polar surface area (TPSA) is 51.5 Å². The number of ether oxygens (including phenoxy) is 1. The number of fused-ring (bicyclic) bond motifs is 1. The summed E-state index contributed by atoms with van der Waals surface area (Å²) in [5.74, 6) is 0.212. The standard InChI is InChI=1S/C17H23NO3/c1-13(2)21-16-8-6-7-15-14(16)10-12-18(15)11-5-3-4-9-17(19)20/h6-8,10,12-13H,3-5,9,11H2,1-2H3,(H,19,20). The summed E-state index contributed by atoms with van der Waals surface area (Å²) >= 11 is 0. The van der Waals surface area contributed by atoms with Crippen molar-refractivity contribution in [3.63, 3.8) is 0 Å². The molecule has 1 N–H and O–H groups in total. The molecule has 0 unspecified atom stereocenters. The summed E-state index contributed by atoms with van der Waals surface area (Å²) in [5, 5.41) is 9.76. The maximum atomic E-state index is 10.5. The van der Waals surface area contributed by atoms with Crippen molar-refractivity contribution < 1.29 is 14.6 Å². The van der Waals surface area contributed by atoms with Crippen LogP contribution in [0.2, 0.25) is 0 Å². The lowest BCUT2D eigenvalue weighted by atomic mass is 10.2. The summed E-state index contributed by atoms with van der Waals surface area (Å²) < 4.78 is 8.04. The molecule has 21 heavy (non-hydrogen) atoms. The largest absolute Gasteiger partial charge is 0.490 e. The van der Waals surface area contributed by atoms with Crippen LogP contribution in [0.15, 0.2) is 30.5 Å². The Bertz CT molecular complexity index is 601. The fourth-order valence-electron chi connectivity index (χ4n) is 2.48. The molecule has 0 aliphatic heterocycles. The van der Waals surface area contributed by atoms with Gasteiger partial charge in [-0.1, -0.05) is 12.5 Å². The van der Waals surface area contributed by atoms with E-state index in [0.717, 1.165) is 36.9 Å². The molecule has 0 amide bonds. The average molecular weight is 289 g/mol. The molecule has 0 aliphatic rings. The highest BCUT2D eigenvalue weighted by atomic mass is 16.5. The predicted octanol–water partition coefficient (Wildman–Crippen LogP) is 4.07. The highest BCUT2D eigenvalue weighted by Gasteiger charge is 2.07. The first-order chi connectivity index (χ1) is 10.1. The number of benzene rings is 1. The van der Waals surface area contributed by atoms with Gasteiger partial charge in [0.1, 0.15) is 5.75 Å². The fraction of sp³-hybridized carbons (Fsp3) is 0.471. The summed E-state index contributed by atoms with van der Waals surface area (Å²) in [7, 11) is 0. The molecule has 0 radical (unpaired) electrons. The van der Waals surface area contributed by atoms with Crippen LogP contribution in [-0.2, 0) is 11.3 Å². The molecule has 1 heterocycles. The lowest BCUT2D eigenvalue weighted by Gasteiger charge is -2.11. The number of aromatic nitrogens is 1. The van der Waals surface area contributed by atoms with E-state index >= 15 is 0 Å². The molecular formula is C17H23NO3. The molecule has 0 fully saturated rings. The van der Waals surface area contributed by atoms with Gasteiger partial charge in [0, 0.05) is 24.5 Å². The summed E-state index contributed by atoms with van der Waals surface area (Å²) in [6.07, 6.45) is 5.18. The van der Waals surface area contributed by atoms with E-state index in [2.05, 4.69) is 22.9 Å². The zero-order valence-corrected chi connectivity index (χ0v) is 12.7. The molecule has 0 saturated heterocycles. The molecule has 0 atom stereocenters. The molecule has 0 spiro atoms. The fourth-order valence-corrected chi connectivity index (χ4v) is 2.48. The van der Waals surface area contributed by atoms with Crippen LogP contribution in [0.4, 0.5) is 0 Å².